The van der Waals surface area contributed by atoms with Gasteiger partial charge >= 0.3 is 12.1 Å². The van der Waals surface area contributed by atoms with E-state index in [1.165, 1.54) is 24.1 Å². The maximum atomic E-state index is 12.4. The lowest BCUT2D eigenvalue weighted by molar-refractivity contribution is -0.141. The van der Waals surface area contributed by atoms with Crippen molar-refractivity contribution in [2.75, 3.05) is 7.11 Å². The van der Waals surface area contributed by atoms with Gasteiger partial charge in [-0.25, -0.2) is 4.52 Å². The molecule has 0 unspecified atom stereocenters. The molecule has 0 aliphatic rings. The number of nitrogens with zero attached hydrogens (tertiary/aromatic N) is 3. The van der Waals surface area contributed by atoms with E-state index in [1.54, 1.807) is 0 Å². The van der Waals surface area contributed by atoms with Gasteiger partial charge in [-0.3, -0.25) is 4.79 Å². The molecule has 0 N–H and O–H groups in total. The first-order chi connectivity index (χ1) is 7.91. The Hall–Kier alpha value is -1.99. The topological polar surface area (TPSA) is 48.5 Å². The number of methoxy groups -OCH3 is 1. The summed E-state index contributed by atoms with van der Waals surface area (Å²) >= 11 is 0. The van der Waals surface area contributed by atoms with Crippen molar-refractivity contribution in [2.45, 2.75) is 12.7 Å². The molecule has 2 aromatic heterocycles. The van der Waals surface area contributed by atoms with Gasteiger partial charge in [-0.1, -0.05) is 0 Å². The van der Waals surface area contributed by atoms with Gasteiger partial charge in [0.15, 0.2) is 5.69 Å². The smallest absolute Gasteiger partial charge is 0.435 e. The number of hydrogen-bond acceptors (Lipinski definition) is 3. The number of imidazole rings is 1. The van der Waals surface area contributed by atoms with Crippen LogP contribution in [0, 0.1) is 0 Å². The number of halogens is 3. The summed E-state index contributed by atoms with van der Waals surface area (Å²) in [4.78, 5) is 11.0. The van der Waals surface area contributed by atoms with Crippen molar-refractivity contribution in [3.05, 3.63) is 24.2 Å². The highest BCUT2D eigenvalue weighted by molar-refractivity contribution is 5.70. The SMILES string of the molecule is COC(=O)Cn1ccn2nc(C(F)(F)F)cc12. The lowest BCUT2D eigenvalue weighted by Gasteiger charge is -2.01. The third-order valence-electron chi connectivity index (χ3n) is 2.22. The number of fused-ring (bicyclic) bond motifs is 1. The van der Waals surface area contributed by atoms with Crippen LogP contribution >= 0.6 is 0 Å². The molecule has 0 atom stereocenters. The van der Waals surface area contributed by atoms with Crippen molar-refractivity contribution in [2.24, 2.45) is 0 Å². The number of aromatic nitrogens is 3. The van der Waals surface area contributed by atoms with Crippen LogP contribution in [-0.2, 0) is 22.3 Å². The van der Waals surface area contributed by atoms with E-state index in [0.29, 0.717) is 0 Å². The highest BCUT2D eigenvalue weighted by Gasteiger charge is 2.34. The molecule has 0 saturated heterocycles. The van der Waals surface area contributed by atoms with E-state index in [2.05, 4.69) is 9.84 Å². The van der Waals surface area contributed by atoms with Crippen molar-refractivity contribution < 1.29 is 22.7 Å². The van der Waals surface area contributed by atoms with Crippen LogP contribution in [0.1, 0.15) is 5.69 Å². The van der Waals surface area contributed by atoms with E-state index in [1.807, 2.05) is 0 Å². The second-order valence-corrected chi connectivity index (χ2v) is 3.33. The summed E-state index contributed by atoms with van der Waals surface area (Å²) in [5.41, 5.74) is -0.811. The normalized spacial score (nSPS) is 12.0. The summed E-state index contributed by atoms with van der Waals surface area (Å²) < 4.78 is 44.0. The molecule has 0 aliphatic carbocycles. The molecule has 8 heteroatoms. The highest BCUT2D eigenvalue weighted by atomic mass is 19.4. The van der Waals surface area contributed by atoms with Crippen LogP contribution < -0.4 is 0 Å². The van der Waals surface area contributed by atoms with Crippen LogP contribution in [-0.4, -0.2) is 27.3 Å². The molecular weight excluding hydrogens is 239 g/mol. The Morgan fingerprint density at radius 3 is 2.76 bits per heavy atom. The van der Waals surface area contributed by atoms with Gasteiger partial charge in [-0.2, -0.15) is 18.3 Å². The number of rotatable bonds is 2. The van der Waals surface area contributed by atoms with Crippen molar-refractivity contribution in [1.29, 1.82) is 0 Å². The van der Waals surface area contributed by atoms with Crippen LogP contribution in [0.15, 0.2) is 18.5 Å². The summed E-state index contributed by atoms with van der Waals surface area (Å²) in [7, 11) is 1.21. The van der Waals surface area contributed by atoms with Crippen LogP contribution in [0.25, 0.3) is 5.65 Å². The Labute approximate surface area is 93.4 Å². The monoisotopic (exact) mass is 247 g/mol. The number of alkyl halides is 3. The molecule has 0 saturated carbocycles. The van der Waals surface area contributed by atoms with Crippen LogP contribution in [0.3, 0.4) is 0 Å². The van der Waals surface area contributed by atoms with Gasteiger partial charge in [-0.15, -0.1) is 0 Å². The van der Waals surface area contributed by atoms with Gasteiger partial charge in [-0.05, 0) is 0 Å². The number of esters is 1. The Kier molecular flexibility index (Phi) is 2.56. The molecule has 0 aromatic carbocycles. The molecule has 0 fully saturated rings. The molecule has 0 spiro atoms. The fraction of sp³-hybridized carbons (Fsp3) is 0.333. The van der Waals surface area contributed by atoms with E-state index in [4.69, 9.17) is 0 Å². The average Bonchev–Trinajstić information content (AvgIpc) is 2.78. The minimum Gasteiger partial charge on any atom is -0.468 e. The molecular formula is C9H8F3N3O2. The summed E-state index contributed by atoms with van der Waals surface area (Å²) in [6.07, 6.45) is -1.70. The molecule has 2 heterocycles. The number of carbonyl (C=O) groups excluding carboxylic acids is 1. The zero-order valence-corrected chi connectivity index (χ0v) is 8.73. The van der Waals surface area contributed by atoms with Crippen LogP contribution in [0.2, 0.25) is 0 Å². The fourth-order valence-corrected chi connectivity index (χ4v) is 1.40. The van der Waals surface area contributed by atoms with Gasteiger partial charge in [0.05, 0.1) is 7.11 Å². The number of ether oxygens (including phenoxy) is 1. The predicted molar refractivity (Wildman–Crippen MR) is 50.2 cm³/mol. The zero-order valence-electron chi connectivity index (χ0n) is 8.73. The molecule has 92 valence electrons. The summed E-state index contributed by atoms with van der Waals surface area (Å²) in [6.45, 7) is -0.157. The predicted octanol–water partition coefficient (Wildman–Crippen LogP) is 1.33. The standard InChI is InChI=1S/C9H8F3N3O2/c1-17-8(16)5-14-2-3-15-7(14)4-6(13-15)9(10,11)12/h2-4H,5H2,1H3. The van der Waals surface area contributed by atoms with E-state index < -0.39 is 17.8 Å². The molecule has 0 amide bonds. The number of hydrogen-bond donors (Lipinski definition) is 0. The third-order valence-corrected chi connectivity index (χ3v) is 2.22. The molecule has 0 bridgehead atoms. The molecule has 2 rings (SSSR count). The number of carbonyl (C=O) groups is 1. The lowest BCUT2D eigenvalue weighted by Crippen LogP contribution is -2.10. The van der Waals surface area contributed by atoms with E-state index >= 15 is 0 Å². The summed E-state index contributed by atoms with van der Waals surface area (Å²) in [5.74, 6) is -0.544. The molecule has 17 heavy (non-hydrogen) atoms. The summed E-state index contributed by atoms with van der Waals surface area (Å²) in [5, 5.41) is 3.36. The lowest BCUT2D eigenvalue weighted by atomic mass is 10.4. The van der Waals surface area contributed by atoms with Crippen molar-refractivity contribution in [3.63, 3.8) is 0 Å². The van der Waals surface area contributed by atoms with E-state index in [-0.39, 0.29) is 12.2 Å². The second kappa shape index (κ2) is 3.79. The Morgan fingerprint density at radius 2 is 2.18 bits per heavy atom. The van der Waals surface area contributed by atoms with Crippen LogP contribution in [0.5, 0.6) is 0 Å². The van der Waals surface area contributed by atoms with Gasteiger partial charge in [0.2, 0.25) is 0 Å². The van der Waals surface area contributed by atoms with Crippen molar-refractivity contribution in [1.82, 2.24) is 14.2 Å². The molecule has 0 radical (unpaired) electrons. The Balaban J connectivity index is 2.39. The quantitative estimate of drug-likeness (QED) is 0.752. The third kappa shape index (κ3) is 2.10. The van der Waals surface area contributed by atoms with E-state index in [0.717, 1.165) is 10.6 Å². The molecule has 2 aromatic rings. The Bertz CT molecular complexity index is 555. The first-order valence-electron chi connectivity index (χ1n) is 4.60. The maximum Gasteiger partial charge on any atom is 0.435 e. The summed E-state index contributed by atoms with van der Waals surface area (Å²) in [6, 6.07) is 0.878. The average molecular weight is 247 g/mol. The first kappa shape index (κ1) is 11.5. The molecule has 0 aliphatic heterocycles. The molecule has 5 nitrogen and oxygen atoms in total. The van der Waals surface area contributed by atoms with E-state index in [9.17, 15) is 18.0 Å². The second-order valence-electron chi connectivity index (χ2n) is 3.33. The van der Waals surface area contributed by atoms with Crippen molar-refractivity contribution in [3.8, 4) is 0 Å². The fourth-order valence-electron chi connectivity index (χ4n) is 1.40. The van der Waals surface area contributed by atoms with Gasteiger partial charge < -0.3 is 9.30 Å². The minimum atomic E-state index is -4.50. The highest BCUT2D eigenvalue weighted by Crippen LogP contribution is 2.28. The van der Waals surface area contributed by atoms with Crippen molar-refractivity contribution >= 4 is 11.6 Å². The van der Waals surface area contributed by atoms with Crippen LogP contribution in [0.4, 0.5) is 13.2 Å². The zero-order chi connectivity index (χ0) is 12.6. The largest absolute Gasteiger partial charge is 0.468 e. The maximum absolute atomic E-state index is 12.4. The van der Waals surface area contributed by atoms with Gasteiger partial charge in [0, 0.05) is 18.5 Å². The Morgan fingerprint density at radius 1 is 1.47 bits per heavy atom. The van der Waals surface area contributed by atoms with Gasteiger partial charge in [0.1, 0.15) is 12.2 Å². The van der Waals surface area contributed by atoms with Gasteiger partial charge in [0.25, 0.3) is 0 Å². The first-order valence-corrected chi connectivity index (χ1v) is 4.60. The minimum absolute atomic E-state index is 0.157.